The molecule has 0 aromatic rings. The molecule has 0 aliphatic rings. The van der Waals surface area contributed by atoms with Gasteiger partial charge in [0.05, 0.1) is 39.6 Å². The van der Waals surface area contributed by atoms with Crippen molar-refractivity contribution in [3.05, 3.63) is 0 Å². The molecule has 11 heteroatoms. The molecule has 0 saturated heterocycles. The van der Waals surface area contributed by atoms with Crippen LogP contribution in [0, 0.1) is 0 Å². The summed E-state index contributed by atoms with van der Waals surface area (Å²) >= 11 is 26.5. The van der Waals surface area contributed by atoms with E-state index in [4.69, 9.17) is 74.7 Å². The van der Waals surface area contributed by atoms with Gasteiger partial charge >= 0.3 is 6.00 Å². The summed E-state index contributed by atoms with van der Waals surface area (Å²) in [5.41, 5.74) is 0. The Morgan fingerprint density at radius 2 is 1.05 bits per heavy atom. The van der Waals surface area contributed by atoms with Gasteiger partial charge in [0, 0.05) is 7.11 Å². The Hall–Kier alpha value is 1.72. The Kier molecular flexibility index (Phi) is 23.7. The number of aliphatic hydroxyl groups excluding tert-OH is 1. The van der Waals surface area contributed by atoms with Crippen molar-refractivity contribution in [2.45, 2.75) is 19.6 Å². The van der Waals surface area contributed by atoms with Crippen molar-refractivity contribution in [1.82, 2.24) is 0 Å². The lowest BCUT2D eigenvalue weighted by atomic mass is 10.7. The smallest absolute Gasteiger partial charge is 0.338 e. The molecule has 0 fully saturated rings. The maximum Gasteiger partial charge on any atom is 0.338 e. The summed E-state index contributed by atoms with van der Waals surface area (Å²) in [6.45, 7) is 6.42. The minimum atomic E-state index is -2.19. The molecular weight excluding hydrogens is 418 g/mol. The fraction of sp³-hybridized carbons (Fsp3) is 1.00. The first-order chi connectivity index (χ1) is 9.41. The largest absolute Gasteiger partial charge is 0.394 e. The van der Waals surface area contributed by atoms with Gasteiger partial charge in [0.25, 0.3) is 0 Å². The van der Waals surface area contributed by atoms with Crippen LogP contribution in [0.15, 0.2) is 0 Å². The fourth-order valence-electron chi connectivity index (χ4n) is 0.529. The van der Waals surface area contributed by atoms with Crippen LogP contribution in [0.2, 0.25) is 19.6 Å². The van der Waals surface area contributed by atoms with Crippen LogP contribution >= 0.6 is 55.4 Å². The van der Waals surface area contributed by atoms with Gasteiger partial charge in [-0.25, -0.2) is 0 Å². The zero-order chi connectivity index (χ0) is 17.4. The maximum absolute atomic E-state index is 8.32. The number of rotatable bonds is 8. The van der Waals surface area contributed by atoms with Crippen LogP contribution in [0.25, 0.3) is 0 Å². The van der Waals surface area contributed by atoms with Gasteiger partial charge in [0.15, 0.2) is 0 Å². The molecule has 0 amide bonds. The normalized spacial score (nSPS) is 11.1. The number of methoxy groups -OCH3 is 1. The third-order valence-electron chi connectivity index (χ3n) is 1.04. The number of ether oxygens (including phenoxy) is 3. The van der Waals surface area contributed by atoms with Crippen LogP contribution in [0.1, 0.15) is 0 Å². The topological polar surface area (TPSA) is 47.9 Å². The molecule has 0 rings (SSSR count). The number of aliphatic hydroxyl groups is 1. The summed E-state index contributed by atoms with van der Waals surface area (Å²) in [6, 6.07) is -2.19. The molecule has 0 heterocycles. The first-order valence-electron chi connectivity index (χ1n) is 6.11. The van der Waals surface area contributed by atoms with E-state index in [9.17, 15) is 0 Å². The van der Waals surface area contributed by atoms with Crippen molar-refractivity contribution in [3.8, 4) is 0 Å². The van der Waals surface area contributed by atoms with Gasteiger partial charge in [-0.1, -0.05) is 0 Å². The fourth-order valence-corrected chi connectivity index (χ4v) is 0.529. The Labute approximate surface area is 153 Å². The van der Waals surface area contributed by atoms with E-state index in [0.29, 0.717) is 33.0 Å². The first kappa shape index (κ1) is 27.6. The molecule has 0 aromatic heterocycles. The third kappa shape index (κ3) is 89.4. The van der Waals surface area contributed by atoms with E-state index >= 15 is 0 Å². The predicted octanol–water partition coefficient (Wildman–Crippen LogP) is 4.10. The minimum Gasteiger partial charge on any atom is -0.394 e. The molecular formula is C10H25Cl5O4Si2. The van der Waals surface area contributed by atoms with E-state index in [1.165, 1.54) is 0 Å². The summed E-state index contributed by atoms with van der Waals surface area (Å²) in [5, 5.41) is 8.32. The van der Waals surface area contributed by atoms with Gasteiger partial charge in [-0.15, -0.1) is 55.4 Å². The van der Waals surface area contributed by atoms with Gasteiger partial charge in [-0.05, 0) is 19.6 Å². The summed E-state index contributed by atoms with van der Waals surface area (Å²) in [6.07, 6.45) is 0. The van der Waals surface area contributed by atoms with E-state index in [-0.39, 0.29) is 6.61 Å². The highest BCUT2D eigenvalue weighted by Crippen LogP contribution is 2.17. The zero-order valence-corrected chi connectivity index (χ0v) is 18.6. The Balaban J connectivity index is -0.000000270. The SMILES string of the molecule is COCCOCCOCCO.C[Si](C)(Cl)Cl.C[Si](Cl)(Cl)Cl. The highest BCUT2D eigenvalue weighted by atomic mass is 35.8. The zero-order valence-electron chi connectivity index (χ0n) is 12.8. The Morgan fingerprint density at radius 1 is 0.762 bits per heavy atom. The van der Waals surface area contributed by atoms with Crippen LogP contribution in [0.5, 0.6) is 0 Å². The molecule has 0 aliphatic carbocycles. The van der Waals surface area contributed by atoms with Gasteiger partial charge < -0.3 is 19.3 Å². The van der Waals surface area contributed by atoms with Gasteiger partial charge in [0.1, 0.15) is 0 Å². The molecule has 0 unspecified atom stereocenters. The lowest BCUT2D eigenvalue weighted by Gasteiger charge is -2.03. The second-order valence-corrected chi connectivity index (χ2v) is 23.1. The highest BCUT2D eigenvalue weighted by Gasteiger charge is 2.13. The molecule has 0 atom stereocenters. The van der Waals surface area contributed by atoms with E-state index in [0.717, 1.165) is 0 Å². The van der Waals surface area contributed by atoms with Crippen LogP contribution in [-0.4, -0.2) is 64.6 Å². The Bertz CT molecular complexity index is 171. The lowest BCUT2D eigenvalue weighted by molar-refractivity contribution is 0.0159. The first-order valence-corrected chi connectivity index (χ1v) is 16.7. The van der Waals surface area contributed by atoms with E-state index in [2.05, 4.69) is 0 Å². The van der Waals surface area contributed by atoms with Crippen LogP contribution in [0.3, 0.4) is 0 Å². The van der Waals surface area contributed by atoms with Crippen molar-refractivity contribution < 1.29 is 19.3 Å². The van der Waals surface area contributed by atoms with Gasteiger partial charge in [0.2, 0.25) is 6.69 Å². The second kappa shape index (κ2) is 18.1. The maximum atomic E-state index is 8.32. The molecule has 0 bridgehead atoms. The van der Waals surface area contributed by atoms with Crippen LogP contribution in [0.4, 0.5) is 0 Å². The van der Waals surface area contributed by atoms with E-state index < -0.39 is 12.7 Å². The number of halogens is 5. The standard InChI is InChI=1S/C7H16O4.C2H6Cl2Si.CH3Cl3Si/c1-9-4-5-11-7-6-10-3-2-8;2*1-5(2,3)4/h8H,2-7H2,1H3;1-2H3;1H3. The second-order valence-electron chi connectivity index (χ2n) is 4.05. The average molecular weight is 443 g/mol. The number of hydrogen-bond acceptors (Lipinski definition) is 4. The molecule has 0 aliphatic heterocycles. The van der Waals surface area contributed by atoms with Crippen molar-refractivity contribution in [2.24, 2.45) is 0 Å². The van der Waals surface area contributed by atoms with E-state index in [1.807, 2.05) is 13.1 Å². The summed E-state index contributed by atoms with van der Waals surface area (Å²) in [7, 11) is 1.63. The predicted molar refractivity (Wildman–Crippen MR) is 99.0 cm³/mol. The summed E-state index contributed by atoms with van der Waals surface area (Å²) in [4.78, 5) is 0. The van der Waals surface area contributed by atoms with Crippen LogP contribution in [-0.2, 0) is 14.2 Å². The van der Waals surface area contributed by atoms with Gasteiger partial charge in [-0.3, -0.25) is 0 Å². The monoisotopic (exact) mass is 440 g/mol. The molecule has 0 radical (unpaired) electrons. The molecule has 0 aromatic carbocycles. The molecule has 21 heavy (non-hydrogen) atoms. The molecule has 1 N–H and O–H groups in total. The van der Waals surface area contributed by atoms with Crippen molar-refractivity contribution in [3.63, 3.8) is 0 Å². The van der Waals surface area contributed by atoms with E-state index in [1.54, 1.807) is 13.7 Å². The molecule has 4 nitrogen and oxygen atoms in total. The highest BCUT2D eigenvalue weighted by molar-refractivity contribution is 7.64. The van der Waals surface area contributed by atoms with Crippen LogP contribution < -0.4 is 0 Å². The van der Waals surface area contributed by atoms with Crippen molar-refractivity contribution in [2.75, 3.05) is 46.8 Å². The average Bonchev–Trinajstić information content (AvgIpc) is 2.23. The quantitative estimate of drug-likeness (QED) is 0.349. The minimum absolute atomic E-state index is 0.0675. The third-order valence-corrected chi connectivity index (χ3v) is 1.04. The van der Waals surface area contributed by atoms with Crippen molar-refractivity contribution >= 4 is 68.1 Å². The molecule has 132 valence electrons. The van der Waals surface area contributed by atoms with Gasteiger partial charge in [-0.2, -0.15) is 0 Å². The Morgan fingerprint density at radius 3 is 1.33 bits per heavy atom. The summed E-state index contributed by atoms with van der Waals surface area (Å²) in [5.74, 6) is 0. The lowest BCUT2D eigenvalue weighted by Crippen LogP contribution is -2.09. The summed E-state index contributed by atoms with van der Waals surface area (Å²) < 4.78 is 14.8. The number of hydrogen-bond donors (Lipinski definition) is 1. The molecule has 0 saturated carbocycles. The van der Waals surface area contributed by atoms with Crippen molar-refractivity contribution in [1.29, 1.82) is 0 Å². The molecule has 0 spiro atoms.